The first kappa shape index (κ1) is 40.2. The van der Waals surface area contributed by atoms with E-state index in [9.17, 15) is 14.4 Å². The molecule has 0 saturated heterocycles. The van der Waals surface area contributed by atoms with Gasteiger partial charge in [0.2, 0.25) is 0 Å². The summed E-state index contributed by atoms with van der Waals surface area (Å²) in [6, 6.07) is 0. The third-order valence-electron chi connectivity index (χ3n) is 0.945. The molecule has 13 nitrogen and oxygen atoms in total. The van der Waals surface area contributed by atoms with Crippen LogP contribution in [0.4, 0.5) is 0 Å². The van der Waals surface area contributed by atoms with Gasteiger partial charge in [-0.2, -0.15) is 0 Å². The van der Waals surface area contributed by atoms with Crippen LogP contribution in [0.3, 0.4) is 0 Å². The second-order valence-electron chi connectivity index (χ2n) is 3.68. The van der Waals surface area contributed by atoms with Crippen LogP contribution >= 0.6 is 0 Å². The molecule has 0 atom stereocenters. The van der Waals surface area contributed by atoms with Gasteiger partial charge in [-0.1, -0.05) is 19.7 Å². The van der Waals surface area contributed by atoms with Crippen molar-refractivity contribution in [3.63, 3.8) is 0 Å². The number of carboxylic acids is 5. The molecule has 0 bridgehead atoms. The van der Waals surface area contributed by atoms with E-state index >= 15 is 0 Å². The molecule has 0 unspecified atom stereocenters. The Hall–Kier alpha value is -3.55. The van der Waals surface area contributed by atoms with E-state index in [1.807, 2.05) is 0 Å². The Bertz CT molecular complexity index is 416. The first-order valence-corrected chi connectivity index (χ1v) is 6.94. The highest BCUT2D eigenvalue weighted by Crippen LogP contribution is 1.71. The van der Waals surface area contributed by atoms with Crippen LogP contribution < -0.4 is 0 Å². The number of aliphatic hydroxyl groups is 3. The van der Waals surface area contributed by atoms with E-state index in [-0.39, 0.29) is 13.2 Å². The van der Waals surface area contributed by atoms with Crippen molar-refractivity contribution >= 4 is 29.8 Å². The predicted octanol–water partition coefficient (Wildman–Crippen LogP) is -0.715. The van der Waals surface area contributed by atoms with Crippen LogP contribution in [0, 0.1) is 0 Å². The molecule has 0 aliphatic rings. The zero-order valence-electron chi connectivity index (χ0n) is 16.0. The first-order chi connectivity index (χ1) is 13.1. The zero-order chi connectivity index (χ0) is 25.0. The zero-order valence-corrected chi connectivity index (χ0v) is 16.0. The van der Waals surface area contributed by atoms with Crippen molar-refractivity contribution in [2.45, 2.75) is 20.0 Å². The predicted molar refractivity (Wildman–Crippen MR) is 100 cm³/mol. The van der Waals surface area contributed by atoms with Crippen LogP contribution in [0.1, 0.15) is 13.8 Å². The minimum Gasteiger partial charge on any atom is -0.481 e. The summed E-state index contributed by atoms with van der Waals surface area (Å²) in [6.07, 6.45) is 1.55. The number of aliphatic carboxylic acids is 5. The third-order valence-corrected chi connectivity index (χ3v) is 0.945. The van der Waals surface area contributed by atoms with E-state index in [1.54, 1.807) is 0 Å². The van der Waals surface area contributed by atoms with Crippen molar-refractivity contribution < 1.29 is 64.8 Å². The maximum absolute atomic E-state index is 9.25. The molecule has 0 aliphatic heterocycles. The topological polar surface area (TPSA) is 247 Å². The van der Waals surface area contributed by atoms with Gasteiger partial charge in [0, 0.05) is 32.1 Å². The Labute approximate surface area is 166 Å². The molecule has 0 spiro atoms. The van der Waals surface area contributed by atoms with Crippen LogP contribution in [0.5, 0.6) is 0 Å². The normalized spacial score (nSPS) is 7.10. The van der Waals surface area contributed by atoms with Gasteiger partial charge in [0.1, 0.15) is 6.10 Å². The molecule has 29 heavy (non-hydrogen) atoms. The highest BCUT2D eigenvalue weighted by Gasteiger charge is 1.93. The fourth-order valence-electron chi connectivity index (χ4n) is 0.0577. The number of aliphatic hydroxyl groups excluding tert-OH is 3. The standard InChI is InChI=1S/C3H8O3.3C3H4O2.2C2H4O2/c4-1-3(6)2-5;3*1-2-3(4)5;2*1-2(3)4/h3-6H,1-2H2;3*2H,1H2,(H,4,5);2*1H3,(H,3,4). The summed E-state index contributed by atoms with van der Waals surface area (Å²) in [4.78, 5) is 45.8. The summed E-state index contributed by atoms with van der Waals surface area (Å²) in [7, 11) is 0. The van der Waals surface area contributed by atoms with Crippen LogP contribution in [0.15, 0.2) is 38.0 Å². The van der Waals surface area contributed by atoms with Gasteiger partial charge in [-0.15, -0.1) is 0 Å². The van der Waals surface area contributed by atoms with Crippen LogP contribution in [0.25, 0.3) is 0 Å². The molecular weight excluding hydrogens is 400 g/mol. The number of rotatable bonds is 5. The minimum atomic E-state index is -0.981. The van der Waals surface area contributed by atoms with Gasteiger partial charge in [0.25, 0.3) is 11.9 Å². The van der Waals surface area contributed by atoms with Crippen molar-refractivity contribution in [2.75, 3.05) is 13.2 Å². The van der Waals surface area contributed by atoms with Gasteiger partial charge < -0.3 is 40.9 Å². The lowest BCUT2D eigenvalue weighted by atomic mass is 10.4. The quantitative estimate of drug-likeness (QED) is 0.252. The largest absolute Gasteiger partial charge is 0.481 e. The molecule has 0 fully saturated rings. The Morgan fingerprint density at radius 2 is 0.759 bits per heavy atom. The Balaban J connectivity index is -0.0000000550. The van der Waals surface area contributed by atoms with Gasteiger partial charge in [-0.05, 0) is 0 Å². The van der Waals surface area contributed by atoms with Crippen molar-refractivity contribution in [2.24, 2.45) is 0 Å². The highest BCUT2D eigenvalue weighted by molar-refractivity contribution is 5.79. The second-order valence-corrected chi connectivity index (χ2v) is 3.68. The Morgan fingerprint density at radius 1 is 0.655 bits per heavy atom. The van der Waals surface area contributed by atoms with Crippen LogP contribution in [-0.2, 0) is 24.0 Å². The van der Waals surface area contributed by atoms with Gasteiger partial charge >= 0.3 is 17.9 Å². The molecule has 170 valence electrons. The van der Waals surface area contributed by atoms with Crippen molar-refractivity contribution in [1.82, 2.24) is 0 Å². The summed E-state index contributed by atoms with van der Waals surface area (Å²) in [5.74, 6) is -4.61. The maximum Gasteiger partial charge on any atom is 0.327 e. The average molecular weight is 428 g/mol. The monoisotopic (exact) mass is 428 g/mol. The number of carboxylic acid groups (broad SMARTS) is 5. The molecule has 0 radical (unpaired) electrons. The lowest BCUT2D eigenvalue weighted by Crippen LogP contribution is -2.15. The molecule has 0 aliphatic carbocycles. The Kier molecular flexibility index (Phi) is 49.3. The van der Waals surface area contributed by atoms with Crippen molar-refractivity contribution in [3.05, 3.63) is 38.0 Å². The lowest BCUT2D eigenvalue weighted by molar-refractivity contribution is -0.135. The van der Waals surface area contributed by atoms with Crippen molar-refractivity contribution in [3.8, 4) is 0 Å². The molecule has 0 aromatic rings. The van der Waals surface area contributed by atoms with E-state index in [0.29, 0.717) is 0 Å². The fraction of sp³-hybridized carbons (Fsp3) is 0.312. The second kappa shape index (κ2) is 35.5. The minimum absolute atomic E-state index is 0.365. The van der Waals surface area contributed by atoms with E-state index in [4.69, 9.17) is 50.4 Å². The molecule has 13 heteroatoms. The van der Waals surface area contributed by atoms with E-state index in [0.717, 1.165) is 32.1 Å². The number of hydrogen-bond acceptors (Lipinski definition) is 8. The smallest absolute Gasteiger partial charge is 0.327 e. The molecule has 8 N–H and O–H groups in total. The third kappa shape index (κ3) is 296. The van der Waals surface area contributed by atoms with Gasteiger partial charge in [0.05, 0.1) is 13.2 Å². The number of hydrogen-bond donors (Lipinski definition) is 8. The fourth-order valence-corrected chi connectivity index (χ4v) is 0.0577. The Morgan fingerprint density at radius 3 is 0.759 bits per heavy atom. The van der Waals surface area contributed by atoms with E-state index in [1.165, 1.54) is 0 Å². The van der Waals surface area contributed by atoms with Gasteiger partial charge in [0.15, 0.2) is 0 Å². The molecule has 0 aromatic heterocycles. The summed E-state index contributed by atoms with van der Waals surface area (Å²) < 4.78 is 0. The van der Waals surface area contributed by atoms with E-state index < -0.39 is 36.0 Å². The molecule has 0 heterocycles. The summed E-state index contributed by atoms with van der Waals surface area (Å²) in [6.45, 7) is 10.3. The highest BCUT2D eigenvalue weighted by atomic mass is 16.4. The van der Waals surface area contributed by atoms with Crippen LogP contribution in [0.2, 0.25) is 0 Å². The summed E-state index contributed by atoms with van der Waals surface area (Å²) in [5.41, 5.74) is 0. The molecule has 0 saturated carbocycles. The summed E-state index contributed by atoms with van der Waals surface area (Å²) >= 11 is 0. The maximum atomic E-state index is 9.25. The SMILES string of the molecule is C=CC(=O)O.C=CC(=O)O.C=CC(=O)O.CC(=O)O.CC(=O)O.OCC(O)CO. The van der Waals surface area contributed by atoms with Gasteiger partial charge in [-0.25, -0.2) is 14.4 Å². The molecule has 0 rings (SSSR count). The van der Waals surface area contributed by atoms with Crippen LogP contribution in [-0.4, -0.2) is 90.0 Å². The lowest BCUT2D eigenvalue weighted by Gasteiger charge is -1.96. The number of carbonyl (C=O) groups is 5. The van der Waals surface area contributed by atoms with Gasteiger partial charge in [-0.3, -0.25) is 9.59 Å². The van der Waals surface area contributed by atoms with E-state index in [2.05, 4.69) is 19.7 Å². The molecule has 0 amide bonds. The van der Waals surface area contributed by atoms with Crippen molar-refractivity contribution in [1.29, 1.82) is 0 Å². The first-order valence-electron chi connectivity index (χ1n) is 6.94. The average Bonchev–Trinajstić information content (AvgIpc) is 2.61. The molecular formula is C16H28O13. The molecule has 0 aromatic carbocycles. The summed E-state index contributed by atoms with van der Waals surface area (Å²) in [5, 5.41) is 61.7.